The van der Waals surface area contributed by atoms with E-state index in [1.54, 1.807) is 7.11 Å². The van der Waals surface area contributed by atoms with Crippen molar-refractivity contribution in [2.24, 2.45) is 5.92 Å². The highest BCUT2D eigenvalue weighted by molar-refractivity contribution is 6.28. The minimum atomic E-state index is -0.125. The molecule has 0 atom stereocenters. The fourth-order valence-corrected chi connectivity index (χ4v) is 4.83. The average Bonchev–Trinajstić information content (AvgIpc) is 3.28. The zero-order chi connectivity index (χ0) is 22.9. The van der Waals surface area contributed by atoms with E-state index in [2.05, 4.69) is 15.4 Å². The van der Waals surface area contributed by atoms with Crippen molar-refractivity contribution in [3.63, 3.8) is 0 Å². The van der Waals surface area contributed by atoms with Crippen molar-refractivity contribution in [3.05, 3.63) is 41.5 Å². The van der Waals surface area contributed by atoms with Crippen LogP contribution in [0, 0.1) is 5.92 Å². The van der Waals surface area contributed by atoms with Gasteiger partial charge in [0.15, 0.2) is 11.5 Å². The number of hydrogen-bond acceptors (Lipinski definition) is 8. The molecule has 1 N–H and O–H groups in total. The zero-order valence-corrected chi connectivity index (χ0v) is 18.8. The normalized spacial score (nSPS) is 15.6. The largest absolute Gasteiger partial charge is 0.466 e. The Morgan fingerprint density at radius 3 is 2.73 bits per heavy atom. The van der Waals surface area contributed by atoms with Crippen molar-refractivity contribution < 1.29 is 23.6 Å². The summed E-state index contributed by atoms with van der Waals surface area (Å²) in [6.45, 7) is 4.70. The van der Waals surface area contributed by atoms with Crippen molar-refractivity contribution in [1.82, 2.24) is 5.16 Å². The molecule has 2 aliphatic rings. The number of anilines is 2. The lowest BCUT2D eigenvalue weighted by atomic mass is 9.86. The predicted molar refractivity (Wildman–Crippen MR) is 125 cm³/mol. The van der Waals surface area contributed by atoms with Crippen LogP contribution in [0.3, 0.4) is 0 Å². The van der Waals surface area contributed by atoms with Crippen LogP contribution in [0.2, 0.25) is 0 Å². The fraction of sp³-hybridized carbons (Fsp3) is 0.400. The molecule has 0 radical (unpaired) electrons. The number of hydrogen-bond donors (Lipinski definition) is 1. The van der Waals surface area contributed by atoms with E-state index < -0.39 is 0 Å². The Balaban J connectivity index is 1.57. The molecule has 1 aromatic heterocycles. The van der Waals surface area contributed by atoms with Gasteiger partial charge in [-0.25, -0.2) is 0 Å². The third-order valence-corrected chi connectivity index (χ3v) is 6.46. The van der Waals surface area contributed by atoms with Crippen molar-refractivity contribution >= 4 is 34.0 Å². The van der Waals surface area contributed by atoms with Crippen LogP contribution in [0.5, 0.6) is 0 Å². The number of carbonyl (C=O) groups excluding carboxylic acids is 2. The lowest BCUT2D eigenvalue weighted by Crippen LogP contribution is -2.37. The first-order valence-electron chi connectivity index (χ1n) is 11.4. The lowest BCUT2D eigenvalue weighted by Gasteiger charge is -2.33. The Bertz CT molecular complexity index is 1210. The molecule has 172 valence electrons. The molecule has 0 saturated carbocycles. The third kappa shape index (κ3) is 3.64. The Hall–Kier alpha value is -3.39. The first-order valence-corrected chi connectivity index (χ1v) is 11.4. The minimum Gasteiger partial charge on any atom is -0.466 e. The Morgan fingerprint density at radius 2 is 2.00 bits per heavy atom. The minimum absolute atomic E-state index is 0.0428. The second-order valence-corrected chi connectivity index (χ2v) is 8.36. The number of rotatable bonds is 7. The Kier molecular flexibility index (Phi) is 5.76. The standard InChI is InChI=1S/C25H27N3O5/c1-3-32-25(30)15-8-11-28(12-9-15)19-14-18(26-10-13-31-2)20-21-22(19)27-33-24(21)17-7-5-4-6-16(17)23(20)29/h4-7,14-15,26H,3,8-13H2,1-2H3. The molecule has 8 heteroatoms. The van der Waals surface area contributed by atoms with E-state index >= 15 is 0 Å². The summed E-state index contributed by atoms with van der Waals surface area (Å²) in [5, 5.41) is 8.52. The van der Waals surface area contributed by atoms with Gasteiger partial charge in [0.2, 0.25) is 0 Å². The lowest BCUT2D eigenvalue weighted by molar-refractivity contribution is -0.148. The maximum absolute atomic E-state index is 13.5. The Morgan fingerprint density at radius 1 is 1.24 bits per heavy atom. The molecule has 1 aliphatic heterocycles. The number of benzene rings is 2. The molecule has 1 saturated heterocycles. The van der Waals surface area contributed by atoms with Gasteiger partial charge in [0, 0.05) is 43.6 Å². The van der Waals surface area contributed by atoms with Gasteiger partial charge in [0.1, 0.15) is 5.52 Å². The average molecular weight is 450 g/mol. The van der Waals surface area contributed by atoms with Crippen molar-refractivity contribution in [1.29, 1.82) is 0 Å². The molecule has 0 bridgehead atoms. The van der Waals surface area contributed by atoms with Crippen LogP contribution in [-0.4, -0.2) is 56.9 Å². The molecule has 33 heavy (non-hydrogen) atoms. The van der Waals surface area contributed by atoms with Gasteiger partial charge in [0.05, 0.1) is 35.8 Å². The highest BCUT2D eigenvalue weighted by atomic mass is 16.5. The second kappa shape index (κ2) is 8.86. The number of piperidine rings is 1. The number of nitrogens with zero attached hydrogens (tertiary/aromatic N) is 2. The molecule has 3 aromatic rings. The highest BCUT2D eigenvalue weighted by Gasteiger charge is 2.34. The fourth-order valence-electron chi connectivity index (χ4n) is 4.83. The molecule has 1 aliphatic carbocycles. The smallest absolute Gasteiger partial charge is 0.309 e. The van der Waals surface area contributed by atoms with Crippen molar-refractivity contribution in [2.45, 2.75) is 19.8 Å². The zero-order valence-electron chi connectivity index (χ0n) is 18.8. The summed E-state index contributed by atoms with van der Waals surface area (Å²) in [7, 11) is 1.65. The predicted octanol–water partition coefficient (Wildman–Crippen LogP) is 3.88. The number of aromatic nitrogens is 1. The SMILES string of the molecule is CCOC(=O)C1CCN(c2cc(NCCOC)c3c4c(onc24)-c2ccccc2C3=O)CC1. The number of ketones is 1. The van der Waals surface area contributed by atoms with Gasteiger partial charge < -0.3 is 24.2 Å². The quantitative estimate of drug-likeness (QED) is 0.336. The summed E-state index contributed by atoms with van der Waals surface area (Å²) < 4.78 is 16.2. The summed E-state index contributed by atoms with van der Waals surface area (Å²) in [4.78, 5) is 27.9. The second-order valence-electron chi connectivity index (χ2n) is 8.36. The summed E-state index contributed by atoms with van der Waals surface area (Å²) in [6, 6.07) is 9.45. The number of carbonyl (C=O) groups is 2. The third-order valence-electron chi connectivity index (χ3n) is 6.46. The van der Waals surface area contributed by atoms with Crippen LogP contribution in [-0.2, 0) is 14.3 Å². The molecule has 0 spiro atoms. The van der Waals surface area contributed by atoms with Gasteiger partial charge in [0.25, 0.3) is 0 Å². The van der Waals surface area contributed by atoms with Crippen LogP contribution < -0.4 is 10.2 Å². The van der Waals surface area contributed by atoms with Gasteiger partial charge in [-0.2, -0.15) is 0 Å². The Labute approximate surface area is 191 Å². The molecule has 1 fully saturated rings. The van der Waals surface area contributed by atoms with Gasteiger partial charge >= 0.3 is 5.97 Å². The van der Waals surface area contributed by atoms with Gasteiger partial charge in [-0.3, -0.25) is 9.59 Å². The number of esters is 1. The van der Waals surface area contributed by atoms with E-state index in [0.717, 1.165) is 22.3 Å². The molecular formula is C25H27N3O5. The number of fused-ring (bicyclic) bond motifs is 2. The number of methoxy groups -OCH3 is 1. The van der Waals surface area contributed by atoms with E-state index in [4.69, 9.17) is 14.0 Å². The summed E-state index contributed by atoms with van der Waals surface area (Å²) >= 11 is 0. The van der Waals surface area contributed by atoms with Crippen LogP contribution in [0.25, 0.3) is 22.2 Å². The molecule has 5 rings (SSSR count). The molecule has 0 unspecified atom stereocenters. The highest BCUT2D eigenvalue weighted by Crippen LogP contribution is 2.46. The first kappa shape index (κ1) is 21.5. The van der Waals surface area contributed by atoms with E-state index in [1.807, 2.05) is 37.3 Å². The summed E-state index contributed by atoms with van der Waals surface area (Å²) in [5.41, 5.74) is 4.28. The van der Waals surface area contributed by atoms with Gasteiger partial charge in [-0.15, -0.1) is 0 Å². The summed E-state index contributed by atoms with van der Waals surface area (Å²) in [5.74, 6) is 0.363. The van der Waals surface area contributed by atoms with Crippen LogP contribution in [0.1, 0.15) is 35.7 Å². The monoisotopic (exact) mass is 449 g/mol. The van der Waals surface area contributed by atoms with Crippen LogP contribution in [0.4, 0.5) is 11.4 Å². The van der Waals surface area contributed by atoms with E-state index in [-0.39, 0.29) is 17.7 Å². The van der Waals surface area contributed by atoms with Crippen molar-refractivity contribution in [3.8, 4) is 11.3 Å². The van der Waals surface area contributed by atoms with Gasteiger partial charge in [-0.1, -0.05) is 29.4 Å². The van der Waals surface area contributed by atoms with Crippen LogP contribution in [0.15, 0.2) is 34.9 Å². The molecule has 8 nitrogen and oxygen atoms in total. The maximum Gasteiger partial charge on any atom is 0.309 e. The molecule has 2 aromatic carbocycles. The van der Waals surface area contributed by atoms with E-state index in [1.165, 1.54) is 0 Å². The van der Waals surface area contributed by atoms with E-state index in [0.29, 0.717) is 68.1 Å². The molecular weight excluding hydrogens is 422 g/mol. The van der Waals surface area contributed by atoms with Crippen molar-refractivity contribution in [2.75, 3.05) is 50.2 Å². The molecule has 2 heterocycles. The summed E-state index contributed by atoms with van der Waals surface area (Å²) in [6.07, 6.45) is 1.42. The number of ether oxygens (including phenoxy) is 2. The molecule has 0 amide bonds. The topological polar surface area (TPSA) is 93.9 Å². The van der Waals surface area contributed by atoms with Crippen LogP contribution >= 0.6 is 0 Å². The number of nitrogens with one attached hydrogen (secondary N) is 1. The maximum atomic E-state index is 13.5. The van der Waals surface area contributed by atoms with Gasteiger partial charge in [-0.05, 0) is 25.8 Å². The van der Waals surface area contributed by atoms with E-state index in [9.17, 15) is 9.59 Å². The first-order chi connectivity index (χ1) is 16.1.